The summed E-state index contributed by atoms with van der Waals surface area (Å²) < 4.78 is 101. The molecule has 0 aliphatic carbocycles. The van der Waals surface area contributed by atoms with Gasteiger partial charge >= 0.3 is 18.1 Å². The van der Waals surface area contributed by atoms with Crippen LogP contribution in [0.4, 0.5) is 30.7 Å². The molecule has 0 aliphatic rings. The second-order valence-corrected chi connectivity index (χ2v) is 7.79. The predicted octanol–water partition coefficient (Wildman–Crippen LogP) is 6.64. The van der Waals surface area contributed by atoms with Crippen molar-refractivity contribution >= 4 is 40.4 Å². The van der Waals surface area contributed by atoms with Crippen LogP contribution in [0.3, 0.4) is 0 Å². The van der Waals surface area contributed by atoms with Crippen LogP contribution in [0.15, 0.2) is 41.5 Å². The van der Waals surface area contributed by atoms with Crippen molar-refractivity contribution in [3.05, 3.63) is 56.1 Å². The quantitative estimate of drug-likeness (QED) is 0.116. The molecule has 0 saturated carbocycles. The monoisotopic (exact) mass is 598 g/mol. The molecule has 0 spiro atoms. The summed E-state index contributed by atoms with van der Waals surface area (Å²) in [5, 5.41) is 3.40. The lowest BCUT2D eigenvalue weighted by molar-refractivity contribution is -0.361. The number of rotatable bonds is 9. The first-order valence-electron chi connectivity index (χ1n) is 8.74. The van der Waals surface area contributed by atoms with Crippen molar-refractivity contribution in [3.8, 4) is 11.5 Å². The molecule has 0 fully saturated rings. The average Bonchev–Trinajstić information content (AvgIpc) is 2.68. The first-order chi connectivity index (χ1) is 14.8. The molecule has 1 N–H and O–H groups in total. The fourth-order valence-corrected chi connectivity index (χ4v) is 3.14. The van der Waals surface area contributed by atoms with Gasteiger partial charge in [0.05, 0.1) is 16.4 Å². The van der Waals surface area contributed by atoms with Crippen LogP contribution in [0.2, 0.25) is 5.02 Å². The number of benzene rings is 2. The third kappa shape index (κ3) is 6.30. The molecule has 0 radical (unpaired) electrons. The van der Waals surface area contributed by atoms with E-state index in [1.165, 1.54) is 12.1 Å². The second kappa shape index (κ2) is 10.3. The van der Waals surface area contributed by atoms with Crippen LogP contribution in [0.5, 0.6) is 11.5 Å². The normalized spacial score (nSPS) is 12.8. The van der Waals surface area contributed by atoms with Gasteiger partial charge < -0.3 is 9.47 Å². The zero-order valence-corrected chi connectivity index (χ0v) is 19.0. The van der Waals surface area contributed by atoms with Crippen LogP contribution in [0.25, 0.3) is 0 Å². The maximum atomic E-state index is 13.3. The van der Waals surface area contributed by atoms with E-state index < -0.39 is 18.1 Å². The summed E-state index contributed by atoms with van der Waals surface area (Å²) in [6.07, 6.45) is -5.80. The van der Waals surface area contributed by atoms with Gasteiger partial charge in [0.15, 0.2) is 11.5 Å². The molecule has 2 aromatic carbocycles. The largest absolute Gasteiger partial charge is 0.490 e. The topological polar surface area (TPSA) is 42.8 Å². The Balaban J connectivity index is 2.20. The Hall–Kier alpha value is -1.96. The van der Waals surface area contributed by atoms with Crippen LogP contribution in [-0.4, -0.2) is 31.0 Å². The third-order valence-electron chi connectivity index (χ3n) is 3.80. The summed E-state index contributed by atoms with van der Waals surface area (Å²) in [6.45, 7) is 2.04. The van der Waals surface area contributed by atoms with Gasteiger partial charge in [0, 0.05) is 5.02 Å². The van der Waals surface area contributed by atoms with Gasteiger partial charge in [-0.05, 0) is 64.9 Å². The highest BCUT2D eigenvalue weighted by atomic mass is 127. The van der Waals surface area contributed by atoms with Gasteiger partial charge in [0.2, 0.25) is 0 Å². The highest BCUT2D eigenvalue weighted by Gasteiger charge is 2.73. The maximum absolute atomic E-state index is 13.3. The minimum atomic E-state index is -6.46. The van der Waals surface area contributed by atoms with Gasteiger partial charge in [-0.1, -0.05) is 23.7 Å². The molecule has 0 atom stereocenters. The van der Waals surface area contributed by atoms with E-state index in [4.69, 9.17) is 21.1 Å². The molecule has 0 heterocycles. The van der Waals surface area contributed by atoms with Crippen LogP contribution < -0.4 is 14.9 Å². The molecule has 32 heavy (non-hydrogen) atoms. The molecule has 2 aromatic rings. The molecule has 176 valence electrons. The number of nitrogens with one attached hydrogen (secondary N) is 1. The number of nitrogens with zero attached hydrogens (tertiary/aromatic N) is 1. The van der Waals surface area contributed by atoms with E-state index in [1.54, 1.807) is 31.2 Å². The van der Waals surface area contributed by atoms with Crippen LogP contribution >= 0.6 is 34.2 Å². The lowest BCUT2D eigenvalue weighted by atomic mass is 10.2. The Morgan fingerprint density at radius 2 is 1.66 bits per heavy atom. The Kier molecular flexibility index (Phi) is 8.48. The van der Waals surface area contributed by atoms with Crippen LogP contribution in [0.1, 0.15) is 18.1 Å². The van der Waals surface area contributed by atoms with Crippen molar-refractivity contribution in [2.75, 3.05) is 6.61 Å². The molecule has 0 unspecified atom stereocenters. The van der Waals surface area contributed by atoms with Gasteiger partial charge in [0.1, 0.15) is 6.61 Å². The van der Waals surface area contributed by atoms with Gasteiger partial charge in [-0.3, -0.25) is 0 Å². The SMILES string of the molecule is CCOc1cc(/C=N\NC(F)(F)C(F)(F)C(F)(F)F)cc(I)c1OCc1ccc(Cl)cc1. The van der Waals surface area contributed by atoms with Crippen molar-refractivity contribution in [1.82, 2.24) is 5.43 Å². The van der Waals surface area contributed by atoms with Crippen LogP contribution in [-0.2, 0) is 6.61 Å². The Labute approximate surface area is 196 Å². The standard InChI is InChI=1S/C19H15ClF7IN2O2/c1-2-31-15-8-12(9-29-30-19(26,27)17(21,22)18(23,24)25)7-14(28)16(15)32-10-11-3-5-13(20)6-4-11/h3-9,30H,2,10H2,1H3/b29-9-. The van der Waals surface area contributed by atoms with E-state index in [2.05, 4.69) is 5.10 Å². The van der Waals surface area contributed by atoms with Gasteiger partial charge in [-0.2, -0.15) is 35.8 Å². The minimum absolute atomic E-state index is 0.0929. The van der Waals surface area contributed by atoms with Crippen molar-refractivity contribution in [3.63, 3.8) is 0 Å². The van der Waals surface area contributed by atoms with Crippen molar-refractivity contribution in [2.24, 2.45) is 5.10 Å². The Bertz CT molecular complexity index is 954. The highest BCUT2D eigenvalue weighted by Crippen LogP contribution is 2.45. The number of alkyl halides is 7. The van der Waals surface area contributed by atoms with E-state index in [0.29, 0.717) is 26.0 Å². The lowest BCUT2D eigenvalue weighted by Gasteiger charge is -2.27. The van der Waals surface area contributed by atoms with Crippen molar-refractivity contribution in [2.45, 2.75) is 31.7 Å². The second-order valence-electron chi connectivity index (χ2n) is 6.19. The van der Waals surface area contributed by atoms with E-state index in [-0.39, 0.29) is 24.5 Å². The summed E-state index contributed by atoms with van der Waals surface area (Å²) in [4.78, 5) is 0. The van der Waals surface area contributed by atoms with Crippen molar-refractivity contribution in [1.29, 1.82) is 0 Å². The summed E-state index contributed by atoms with van der Waals surface area (Å²) in [5.74, 6) is -5.80. The summed E-state index contributed by atoms with van der Waals surface area (Å²) in [7, 11) is 0. The zero-order chi connectivity index (χ0) is 24.2. The van der Waals surface area contributed by atoms with Crippen LogP contribution in [0, 0.1) is 3.57 Å². The molecule has 13 heteroatoms. The predicted molar refractivity (Wildman–Crippen MR) is 113 cm³/mol. The van der Waals surface area contributed by atoms with E-state index >= 15 is 0 Å². The van der Waals surface area contributed by atoms with E-state index in [0.717, 1.165) is 5.56 Å². The summed E-state index contributed by atoms with van der Waals surface area (Å²) >= 11 is 7.70. The van der Waals surface area contributed by atoms with Crippen molar-refractivity contribution < 1.29 is 40.2 Å². The Morgan fingerprint density at radius 1 is 1.03 bits per heavy atom. The molecule has 4 nitrogen and oxygen atoms in total. The minimum Gasteiger partial charge on any atom is -0.490 e. The van der Waals surface area contributed by atoms with Gasteiger partial charge in [0.25, 0.3) is 0 Å². The third-order valence-corrected chi connectivity index (χ3v) is 4.85. The summed E-state index contributed by atoms with van der Waals surface area (Å²) in [5.41, 5.74) is 1.47. The number of halogens is 9. The Morgan fingerprint density at radius 3 is 2.22 bits per heavy atom. The van der Waals surface area contributed by atoms with Gasteiger partial charge in [-0.15, -0.1) is 0 Å². The first-order valence-corrected chi connectivity index (χ1v) is 10.2. The number of hydrogen-bond donors (Lipinski definition) is 1. The molecule has 0 saturated heterocycles. The molecule has 0 aromatic heterocycles. The van der Waals surface area contributed by atoms with E-state index in [9.17, 15) is 30.7 Å². The zero-order valence-electron chi connectivity index (χ0n) is 16.1. The average molecular weight is 599 g/mol. The highest BCUT2D eigenvalue weighted by molar-refractivity contribution is 14.1. The molecular weight excluding hydrogens is 584 g/mol. The number of hydrogen-bond acceptors (Lipinski definition) is 4. The number of ether oxygens (including phenoxy) is 2. The fraction of sp³-hybridized carbons (Fsp3) is 0.316. The molecule has 0 aliphatic heterocycles. The first kappa shape index (κ1) is 26.3. The number of hydrazone groups is 1. The molecule has 0 amide bonds. The lowest BCUT2D eigenvalue weighted by Crippen LogP contribution is -2.58. The van der Waals surface area contributed by atoms with E-state index in [1.807, 2.05) is 22.6 Å². The maximum Gasteiger partial charge on any atom is 0.462 e. The summed E-state index contributed by atoms with van der Waals surface area (Å²) in [6, 6.07) is 3.91. The smallest absolute Gasteiger partial charge is 0.462 e. The molecule has 0 bridgehead atoms. The fourth-order valence-electron chi connectivity index (χ4n) is 2.24. The molecular formula is C19H15ClF7IN2O2. The molecule has 2 rings (SSSR count). The van der Waals surface area contributed by atoms with Gasteiger partial charge in [-0.25, -0.2) is 5.43 Å².